The molecule has 1 N–H and O–H groups in total. The van der Waals surface area contributed by atoms with Crippen molar-refractivity contribution in [1.82, 2.24) is 10.2 Å². The maximum atomic E-state index is 12.7. The standard InChI is InChI=1S/C20H20ClF3N2O/c21-17-5-3-4-15(12-17)18(26-10-1-2-11-26)13-25-19(27)14-6-8-16(9-7-14)20(22,23)24/h3-9,12,18H,1-2,10-11,13H2,(H,25,27). The average Bonchev–Trinajstić information content (AvgIpc) is 3.15. The van der Waals surface area contributed by atoms with E-state index in [1.165, 1.54) is 12.1 Å². The molecule has 0 saturated carbocycles. The summed E-state index contributed by atoms with van der Waals surface area (Å²) in [5.41, 5.74) is 0.444. The van der Waals surface area contributed by atoms with Crippen LogP contribution in [0.3, 0.4) is 0 Å². The number of carbonyl (C=O) groups excluding carboxylic acids is 1. The smallest absolute Gasteiger partial charge is 0.350 e. The van der Waals surface area contributed by atoms with Gasteiger partial charge in [-0.25, -0.2) is 0 Å². The Labute approximate surface area is 161 Å². The van der Waals surface area contributed by atoms with Crippen LogP contribution >= 0.6 is 11.6 Å². The van der Waals surface area contributed by atoms with Crippen molar-refractivity contribution in [1.29, 1.82) is 0 Å². The van der Waals surface area contributed by atoms with Gasteiger partial charge in [-0.05, 0) is 67.9 Å². The van der Waals surface area contributed by atoms with E-state index in [2.05, 4.69) is 10.2 Å². The summed E-state index contributed by atoms with van der Waals surface area (Å²) in [4.78, 5) is 14.7. The van der Waals surface area contributed by atoms with Crippen LogP contribution in [0.25, 0.3) is 0 Å². The van der Waals surface area contributed by atoms with Gasteiger partial charge in [0.25, 0.3) is 5.91 Å². The molecule has 1 atom stereocenters. The molecule has 0 radical (unpaired) electrons. The summed E-state index contributed by atoms with van der Waals surface area (Å²) in [6, 6.07) is 11.7. The maximum Gasteiger partial charge on any atom is 0.416 e. The van der Waals surface area contributed by atoms with Gasteiger partial charge in [-0.1, -0.05) is 23.7 Å². The van der Waals surface area contributed by atoms with Gasteiger partial charge in [0.15, 0.2) is 0 Å². The third kappa shape index (κ3) is 5.02. The molecule has 1 heterocycles. The third-order valence-electron chi connectivity index (χ3n) is 4.75. The van der Waals surface area contributed by atoms with Crippen molar-refractivity contribution in [2.45, 2.75) is 25.1 Å². The molecule has 0 bridgehead atoms. The molecule has 1 aliphatic rings. The molecule has 3 rings (SSSR count). The van der Waals surface area contributed by atoms with Crippen molar-refractivity contribution in [3.05, 3.63) is 70.2 Å². The Morgan fingerprint density at radius 2 is 1.78 bits per heavy atom. The van der Waals surface area contributed by atoms with E-state index in [9.17, 15) is 18.0 Å². The fourth-order valence-electron chi connectivity index (χ4n) is 3.33. The third-order valence-corrected chi connectivity index (χ3v) is 4.98. The lowest BCUT2D eigenvalue weighted by Gasteiger charge is -2.28. The summed E-state index contributed by atoms with van der Waals surface area (Å²) >= 11 is 6.11. The Morgan fingerprint density at radius 3 is 2.37 bits per heavy atom. The summed E-state index contributed by atoms with van der Waals surface area (Å²) in [6.07, 6.45) is -2.21. The summed E-state index contributed by atoms with van der Waals surface area (Å²) in [5, 5.41) is 3.48. The average molecular weight is 397 g/mol. The summed E-state index contributed by atoms with van der Waals surface area (Å²) in [7, 11) is 0. The zero-order valence-electron chi connectivity index (χ0n) is 14.6. The lowest BCUT2D eigenvalue weighted by atomic mass is 10.0. The molecule has 2 aromatic carbocycles. The van der Waals surface area contributed by atoms with Crippen LogP contribution in [0.4, 0.5) is 13.2 Å². The number of hydrogen-bond acceptors (Lipinski definition) is 2. The summed E-state index contributed by atoms with van der Waals surface area (Å²) in [6.45, 7) is 2.24. The minimum absolute atomic E-state index is 0.0235. The van der Waals surface area contributed by atoms with Crippen LogP contribution in [0.15, 0.2) is 48.5 Å². The predicted molar refractivity (Wildman–Crippen MR) is 98.8 cm³/mol. The minimum Gasteiger partial charge on any atom is -0.350 e. The number of halogens is 4. The van der Waals surface area contributed by atoms with Crippen molar-refractivity contribution >= 4 is 17.5 Å². The first-order valence-electron chi connectivity index (χ1n) is 8.79. The molecule has 1 saturated heterocycles. The highest BCUT2D eigenvalue weighted by Gasteiger charge is 2.30. The van der Waals surface area contributed by atoms with Crippen LogP contribution in [0.2, 0.25) is 5.02 Å². The van der Waals surface area contributed by atoms with Crippen molar-refractivity contribution < 1.29 is 18.0 Å². The molecule has 144 valence electrons. The Bertz CT molecular complexity index is 787. The topological polar surface area (TPSA) is 32.3 Å². The second kappa shape index (κ2) is 8.31. The fraction of sp³-hybridized carbons (Fsp3) is 0.350. The van der Waals surface area contributed by atoms with Gasteiger partial charge in [0, 0.05) is 17.1 Å². The van der Waals surface area contributed by atoms with Crippen LogP contribution in [0.5, 0.6) is 0 Å². The first-order valence-corrected chi connectivity index (χ1v) is 9.17. The van der Waals surface area contributed by atoms with Crippen molar-refractivity contribution in [2.75, 3.05) is 19.6 Å². The van der Waals surface area contributed by atoms with Gasteiger partial charge in [0.1, 0.15) is 0 Å². The summed E-state index contributed by atoms with van der Waals surface area (Å²) < 4.78 is 38.0. The minimum atomic E-state index is -4.41. The fourth-order valence-corrected chi connectivity index (χ4v) is 3.53. The number of carbonyl (C=O) groups is 1. The molecule has 27 heavy (non-hydrogen) atoms. The van der Waals surface area contributed by atoms with E-state index >= 15 is 0 Å². The van der Waals surface area contributed by atoms with E-state index < -0.39 is 17.6 Å². The second-order valence-electron chi connectivity index (χ2n) is 6.60. The number of likely N-dealkylation sites (tertiary alicyclic amines) is 1. The maximum absolute atomic E-state index is 12.7. The van der Waals surface area contributed by atoms with E-state index in [4.69, 9.17) is 11.6 Å². The Balaban J connectivity index is 1.70. The molecule has 0 aromatic heterocycles. The lowest BCUT2D eigenvalue weighted by Crippen LogP contribution is -2.36. The highest BCUT2D eigenvalue weighted by molar-refractivity contribution is 6.30. The molecule has 1 aliphatic heterocycles. The van der Waals surface area contributed by atoms with Crippen LogP contribution in [-0.4, -0.2) is 30.4 Å². The van der Waals surface area contributed by atoms with Gasteiger partial charge in [-0.15, -0.1) is 0 Å². The monoisotopic (exact) mass is 396 g/mol. The molecule has 3 nitrogen and oxygen atoms in total. The Morgan fingerprint density at radius 1 is 1.11 bits per heavy atom. The van der Waals surface area contributed by atoms with Gasteiger partial charge in [0.2, 0.25) is 0 Å². The van der Waals surface area contributed by atoms with Crippen LogP contribution < -0.4 is 5.32 Å². The Hall–Kier alpha value is -2.05. The van der Waals surface area contributed by atoms with Crippen LogP contribution in [0.1, 0.15) is 40.4 Å². The Kier molecular flexibility index (Phi) is 6.07. The van der Waals surface area contributed by atoms with Gasteiger partial charge in [-0.2, -0.15) is 13.2 Å². The van der Waals surface area contributed by atoms with E-state index in [0.29, 0.717) is 11.6 Å². The zero-order chi connectivity index (χ0) is 19.4. The molecular formula is C20H20ClF3N2O. The lowest BCUT2D eigenvalue weighted by molar-refractivity contribution is -0.137. The molecule has 7 heteroatoms. The normalized spacial score (nSPS) is 16.3. The molecular weight excluding hydrogens is 377 g/mol. The number of alkyl halides is 3. The van der Waals surface area contributed by atoms with Crippen LogP contribution in [-0.2, 0) is 6.18 Å². The van der Waals surface area contributed by atoms with Gasteiger partial charge in [-0.3, -0.25) is 9.69 Å². The SMILES string of the molecule is O=C(NCC(c1cccc(Cl)c1)N1CCCC1)c1ccc(C(F)(F)F)cc1. The quantitative estimate of drug-likeness (QED) is 0.777. The largest absolute Gasteiger partial charge is 0.416 e. The number of rotatable bonds is 5. The van der Waals surface area contributed by atoms with E-state index in [1.807, 2.05) is 18.2 Å². The van der Waals surface area contributed by atoms with Gasteiger partial charge >= 0.3 is 6.18 Å². The van der Waals surface area contributed by atoms with Crippen molar-refractivity contribution in [3.63, 3.8) is 0 Å². The van der Waals surface area contributed by atoms with E-state index in [1.54, 1.807) is 6.07 Å². The number of nitrogens with one attached hydrogen (secondary N) is 1. The van der Waals surface area contributed by atoms with E-state index in [0.717, 1.165) is 43.6 Å². The number of hydrogen-bond donors (Lipinski definition) is 1. The molecule has 1 unspecified atom stereocenters. The first kappa shape index (κ1) is 19.7. The van der Waals surface area contributed by atoms with Gasteiger partial charge < -0.3 is 5.32 Å². The highest BCUT2D eigenvalue weighted by Crippen LogP contribution is 2.29. The van der Waals surface area contributed by atoms with Crippen LogP contribution in [0, 0.1) is 0 Å². The van der Waals surface area contributed by atoms with Crippen molar-refractivity contribution in [3.8, 4) is 0 Å². The predicted octanol–water partition coefficient (Wildman–Crippen LogP) is 4.93. The molecule has 1 amide bonds. The van der Waals surface area contributed by atoms with Crippen molar-refractivity contribution in [2.24, 2.45) is 0 Å². The highest BCUT2D eigenvalue weighted by atomic mass is 35.5. The number of nitrogens with zero attached hydrogens (tertiary/aromatic N) is 1. The molecule has 0 spiro atoms. The second-order valence-corrected chi connectivity index (χ2v) is 7.04. The summed E-state index contributed by atoms with van der Waals surface area (Å²) in [5.74, 6) is -0.394. The first-order chi connectivity index (χ1) is 12.8. The molecule has 1 fully saturated rings. The molecule has 2 aromatic rings. The zero-order valence-corrected chi connectivity index (χ0v) is 15.4. The number of benzene rings is 2. The number of amides is 1. The van der Waals surface area contributed by atoms with E-state index in [-0.39, 0.29) is 11.6 Å². The molecule has 0 aliphatic carbocycles. The van der Waals surface area contributed by atoms with Gasteiger partial charge in [0.05, 0.1) is 11.6 Å².